The molecule has 0 bridgehead atoms. The Balaban J connectivity index is 1.84. The molecule has 1 amide bonds. The molecule has 8 nitrogen and oxygen atoms in total. The molecule has 0 aliphatic heterocycles. The zero-order valence-corrected chi connectivity index (χ0v) is 19.9. The number of carboxylic acid groups (broad SMARTS) is 1. The summed E-state index contributed by atoms with van der Waals surface area (Å²) in [6, 6.07) is 11.8. The van der Waals surface area contributed by atoms with Gasteiger partial charge >= 0.3 is 5.97 Å². The van der Waals surface area contributed by atoms with Crippen LogP contribution in [0.4, 0.5) is 4.39 Å². The minimum atomic E-state index is -1.50. The monoisotopic (exact) mass is 501 g/mol. The molecule has 0 spiro atoms. The minimum Gasteiger partial charge on any atom is -0.481 e. The number of benzene rings is 2. The number of carboxylic acids is 1. The van der Waals surface area contributed by atoms with Crippen LogP contribution in [0.2, 0.25) is 5.02 Å². The Labute approximate surface area is 206 Å². The number of hydrogen-bond acceptors (Lipinski definition) is 5. The van der Waals surface area contributed by atoms with E-state index in [9.17, 15) is 29.0 Å². The molecule has 4 N–H and O–H groups in total. The molecule has 184 valence electrons. The van der Waals surface area contributed by atoms with Crippen LogP contribution in [0.15, 0.2) is 48.5 Å². The third-order valence-corrected chi connectivity index (χ3v) is 5.99. The number of ketones is 1. The van der Waals surface area contributed by atoms with Gasteiger partial charge in [0, 0.05) is 23.6 Å². The highest BCUT2D eigenvalue weighted by atomic mass is 35.5. The van der Waals surface area contributed by atoms with Gasteiger partial charge < -0.3 is 15.5 Å². The lowest BCUT2D eigenvalue weighted by atomic mass is 9.82. The molecule has 2 atom stereocenters. The van der Waals surface area contributed by atoms with Crippen molar-refractivity contribution in [1.29, 1.82) is 0 Å². The van der Waals surface area contributed by atoms with E-state index >= 15 is 0 Å². The first-order valence-corrected chi connectivity index (χ1v) is 11.2. The van der Waals surface area contributed by atoms with E-state index in [2.05, 4.69) is 15.5 Å². The van der Waals surface area contributed by atoms with E-state index in [4.69, 9.17) is 11.6 Å². The van der Waals surface area contributed by atoms with Crippen molar-refractivity contribution in [3.8, 4) is 11.1 Å². The van der Waals surface area contributed by atoms with Crippen molar-refractivity contribution in [3.05, 3.63) is 76.3 Å². The smallest absolute Gasteiger partial charge is 0.311 e. The van der Waals surface area contributed by atoms with Gasteiger partial charge in [-0.3, -0.25) is 19.5 Å². The first-order valence-electron chi connectivity index (χ1n) is 10.8. The Bertz CT molecular complexity index is 1240. The Kier molecular flexibility index (Phi) is 8.03. The topological polar surface area (TPSA) is 132 Å². The Hall–Kier alpha value is -3.56. The number of nitrogens with one attached hydrogen (secondary N) is 2. The summed E-state index contributed by atoms with van der Waals surface area (Å²) in [4.78, 5) is 36.0. The largest absolute Gasteiger partial charge is 0.481 e. The van der Waals surface area contributed by atoms with Crippen molar-refractivity contribution < 1.29 is 29.0 Å². The van der Waals surface area contributed by atoms with Crippen LogP contribution in [0.1, 0.15) is 46.8 Å². The average molecular weight is 502 g/mol. The van der Waals surface area contributed by atoms with E-state index < -0.39 is 35.8 Å². The number of aliphatic hydroxyl groups is 1. The van der Waals surface area contributed by atoms with E-state index in [1.807, 2.05) is 0 Å². The Morgan fingerprint density at radius 3 is 2.43 bits per heavy atom. The van der Waals surface area contributed by atoms with E-state index in [1.165, 1.54) is 38.1 Å². The number of aromatic nitrogens is 2. The number of amides is 1. The molecule has 0 saturated heterocycles. The number of Topliss-reactive ketones (excluding diaryl/α,β-unsaturated/α-hetero) is 1. The highest BCUT2D eigenvalue weighted by Gasteiger charge is 2.36. The summed E-state index contributed by atoms with van der Waals surface area (Å²) in [5.74, 6) is -2.51. The molecule has 1 heterocycles. The molecule has 0 aliphatic rings. The molecular formula is C25H25ClFN3O5. The predicted molar refractivity (Wildman–Crippen MR) is 128 cm³/mol. The van der Waals surface area contributed by atoms with Crippen LogP contribution in [0.3, 0.4) is 0 Å². The van der Waals surface area contributed by atoms with Crippen molar-refractivity contribution >= 4 is 29.3 Å². The first kappa shape index (κ1) is 26.1. The maximum Gasteiger partial charge on any atom is 0.311 e. The summed E-state index contributed by atoms with van der Waals surface area (Å²) in [7, 11) is 0. The fraction of sp³-hybridized carbons (Fsp3) is 0.280. The van der Waals surface area contributed by atoms with Gasteiger partial charge in [0.05, 0.1) is 12.0 Å². The minimum absolute atomic E-state index is 0.0491. The summed E-state index contributed by atoms with van der Waals surface area (Å²) in [5, 5.41) is 28.8. The van der Waals surface area contributed by atoms with Crippen molar-refractivity contribution in [2.24, 2.45) is 5.41 Å². The Morgan fingerprint density at radius 1 is 1.17 bits per heavy atom. The lowest BCUT2D eigenvalue weighted by Gasteiger charge is -2.28. The van der Waals surface area contributed by atoms with Crippen LogP contribution in [-0.4, -0.2) is 50.7 Å². The molecule has 0 fully saturated rings. The molecule has 0 saturated carbocycles. The van der Waals surface area contributed by atoms with Gasteiger partial charge in [0.2, 0.25) is 0 Å². The fourth-order valence-electron chi connectivity index (χ4n) is 3.64. The number of halogens is 2. The van der Waals surface area contributed by atoms with Gasteiger partial charge in [0.1, 0.15) is 17.2 Å². The van der Waals surface area contributed by atoms with Gasteiger partial charge in [0.25, 0.3) is 5.91 Å². The molecule has 2 aromatic carbocycles. The summed E-state index contributed by atoms with van der Waals surface area (Å²) >= 11 is 5.98. The van der Waals surface area contributed by atoms with Crippen molar-refractivity contribution in [2.45, 2.75) is 32.7 Å². The molecule has 0 radical (unpaired) electrons. The van der Waals surface area contributed by atoms with E-state index in [0.29, 0.717) is 16.1 Å². The molecule has 3 rings (SSSR count). The van der Waals surface area contributed by atoms with Gasteiger partial charge in [-0.25, -0.2) is 4.39 Å². The van der Waals surface area contributed by atoms with Crippen molar-refractivity contribution in [2.75, 3.05) is 6.61 Å². The van der Waals surface area contributed by atoms with Crippen LogP contribution in [0, 0.1) is 11.2 Å². The van der Waals surface area contributed by atoms with Gasteiger partial charge in [-0.05, 0) is 55.2 Å². The predicted octanol–water partition coefficient (Wildman–Crippen LogP) is 3.89. The molecule has 2 unspecified atom stereocenters. The first-order chi connectivity index (χ1) is 16.5. The van der Waals surface area contributed by atoms with Gasteiger partial charge in [0.15, 0.2) is 5.78 Å². The van der Waals surface area contributed by atoms with Crippen LogP contribution in [0.25, 0.3) is 11.1 Å². The molecule has 1 aromatic heterocycles. The highest BCUT2D eigenvalue weighted by molar-refractivity contribution is 6.30. The number of rotatable bonds is 10. The fourth-order valence-corrected chi connectivity index (χ4v) is 3.81. The third kappa shape index (κ3) is 6.32. The second-order valence-electron chi connectivity index (χ2n) is 8.65. The molecule has 10 heteroatoms. The van der Waals surface area contributed by atoms with E-state index in [1.54, 1.807) is 24.3 Å². The number of H-pyrrole nitrogens is 1. The van der Waals surface area contributed by atoms with Crippen molar-refractivity contribution in [1.82, 2.24) is 15.5 Å². The number of aliphatic hydroxyl groups excluding tert-OH is 1. The lowest BCUT2D eigenvalue weighted by Crippen LogP contribution is -2.44. The Morgan fingerprint density at radius 2 is 1.86 bits per heavy atom. The van der Waals surface area contributed by atoms with Crippen molar-refractivity contribution in [3.63, 3.8) is 0 Å². The molecule has 0 aliphatic carbocycles. The number of aromatic amines is 1. The van der Waals surface area contributed by atoms with E-state index in [0.717, 1.165) is 5.56 Å². The SMILES string of the molecule is CC(=O)c1cc(C(=O)NC(Cc2ccc(-c3cc(Cl)ccc3F)cc2)CC(C)(CO)C(=O)O)[nH]n1. The van der Waals surface area contributed by atoms with Gasteiger partial charge in [-0.1, -0.05) is 35.9 Å². The summed E-state index contributed by atoms with van der Waals surface area (Å²) in [5.41, 5.74) is 0.346. The number of aliphatic carboxylic acids is 1. The highest BCUT2D eigenvalue weighted by Crippen LogP contribution is 2.28. The van der Waals surface area contributed by atoms with E-state index in [-0.39, 0.29) is 30.0 Å². The molecular weight excluding hydrogens is 477 g/mol. The zero-order valence-electron chi connectivity index (χ0n) is 19.1. The maximum atomic E-state index is 14.2. The standard InChI is InChI=1S/C25H25ClFN3O5/c1-14(32)21-11-22(30-29-21)23(33)28-18(12-25(2,13-31)24(34)35)9-15-3-5-16(6-4-15)19-10-17(26)7-8-20(19)27/h3-8,10-11,18,31H,9,12-13H2,1-2H3,(H,28,33)(H,29,30)(H,34,35). The van der Waals surface area contributed by atoms with Gasteiger partial charge in [-0.2, -0.15) is 5.10 Å². The van der Waals surface area contributed by atoms with Crippen LogP contribution in [0.5, 0.6) is 0 Å². The summed E-state index contributed by atoms with van der Waals surface area (Å²) in [6.07, 6.45) is 0.170. The van der Waals surface area contributed by atoms with Crippen LogP contribution >= 0.6 is 11.6 Å². The summed E-state index contributed by atoms with van der Waals surface area (Å²) < 4.78 is 14.2. The average Bonchev–Trinajstić information content (AvgIpc) is 3.32. The zero-order chi connectivity index (χ0) is 25.8. The van der Waals surface area contributed by atoms with Gasteiger partial charge in [-0.15, -0.1) is 0 Å². The number of hydrogen-bond donors (Lipinski definition) is 4. The quantitative estimate of drug-likeness (QED) is 0.312. The number of carbonyl (C=O) groups excluding carboxylic acids is 2. The normalized spacial score (nSPS) is 13.6. The van der Waals surface area contributed by atoms with Crippen LogP contribution < -0.4 is 5.32 Å². The summed E-state index contributed by atoms with van der Waals surface area (Å²) in [6.45, 7) is 2.09. The van der Waals surface area contributed by atoms with Crippen LogP contribution in [-0.2, 0) is 11.2 Å². The molecule has 35 heavy (non-hydrogen) atoms. The second-order valence-corrected chi connectivity index (χ2v) is 9.08. The second kappa shape index (κ2) is 10.8. The lowest BCUT2D eigenvalue weighted by molar-refractivity contribution is -0.151. The third-order valence-electron chi connectivity index (χ3n) is 5.76. The number of carbonyl (C=O) groups is 3. The number of nitrogens with zero attached hydrogens (tertiary/aromatic N) is 1. The maximum absolute atomic E-state index is 14.2. The molecule has 3 aromatic rings.